The highest BCUT2D eigenvalue weighted by atomic mass is 16.6. The van der Waals surface area contributed by atoms with Crippen molar-refractivity contribution in [1.29, 1.82) is 0 Å². The van der Waals surface area contributed by atoms with Crippen molar-refractivity contribution in [2.75, 3.05) is 13.1 Å². The van der Waals surface area contributed by atoms with Crippen LogP contribution in [0.1, 0.15) is 37.7 Å². The van der Waals surface area contributed by atoms with Crippen LogP contribution in [0, 0.1) is 0 Å². The summed E-state index contributed by atoms with van der Waals surface area (Å²) < 4.78 is 5.40. The zero-order valence-corrected chi connectivity index (χ0v) is 14.9. The number of nitrogens with zero attached hydrogens (tertiary/aromatic N) is 3. The highest BCUT2D eigenvalue weighted by Gasteiger charge is 2.26. The van der Waals surface area contributed by atoms with E-state index >= 15 is 0 Å². The van der Waals surface area contributed by atoms with Crippen LogP contribution in [0.15, 0.2) is 48.8 Å². The molecule has 1 aliphatic heterocycles. The number of amides is 1. The summed E-state index contributed by atoms with van der Waals surface area (Å²) in [6.07, 6.45) is 6.19. The first kappa shape index (κ1) is 17.1. The van der Waals surface area contributed by atoms with Crippen LogP contribution >= 0.6 is 0 Å². The van der Waals surface area contributed by atoms with Gasteiger partial charge >= 0.3 is 6.09 Å². The average Bonchev–Trinajstić information content (AvgIpc) is 3.05. The molecule has 0 radical (unpaired) electrons. The normalized spacial score (nSPS) is 14.4. The molecule has 5 nitrogen and oxygen atoms in total. The first-order valence-electron chi connectivity index (χ1n) is 8.43. The Hall–Kier alpha value is -2.69. The molecule has 130 valence electrons. The van der Waals surface area contributed by atoms with Crippen molar-refractivity contribution in [1.82, 2.24) is 14.9 Å². The largest absolute Gasteiger partial charge is 0.444 e. The Labute approximate surface area is 148 Å². The topological polar surface area (TPSA) is 55.3 Å². The van der Waals surface area contributed by atoms with Gasteiger partial charge in [-0.15, -0.1) is 0 Å². The van der Waals surface area contributed by atoms with Crippen molar-refractivity contribution in [3.8, 4) is 0 Å². The van der Waals surface area contributed by atoms with Crippen molar-refractivity contribution in [2.24, 2.45) is 0 Å². The van der Waals surface area contributed by atoms with Gasteiger partial charge in [-0.1, -0.05) is 36.4 Å². The first-order valence-corrected chi connectivity index (χ1v) is 8.43. The molecule has 0 spiro atoms. The van der Waals surface area contributed by atoms with Gasteiger partial charge in [-0.05, 0) is 31.9 Å². The second-order valence-electron chi connectivity index (χ2n) is 7.17. The van der Waals surface area contributed by atoms with Gasteiger partial charge < -0.3 is 9.64 Å². The lowest BCUT2D eigenvalue weighted by atomic mass is 10.1. The maximum atomic E-state index is 12.1. The van der Waals surface area contributed by atoms with Crippen LogP contribution in [0.2, 0.25) is 0 Å². The van der Waals surface area contributed by atoms with E-state index in [4.69, 9.17) is 4.74 Å². The summed E-state index contributed by atoms with van der Waals surface area (Å²) in [5.41, 5.74) is 2.76. The second-order valence-corrected chi connectivity index (χ2v) is 7.17. The molecule has 3 rings (SSSR count). The summed E-state index contributed by atoms with van der Waals surface area (Å²) in [5, 5.41) is 0. The van der Waals surface area contributed by atoms with Gasteiger partial charge in [0.1, 0.15) is 5.60 Å². The Bertz CT molecular complexity index is 762. The van der Waals surface area contributed by atoms with Gasteiger partial charge in [0, 0.05) is 30.9 Å². The molecule has 0 atom stereocenters. The summed E-state index contributed by atoms with van der Waals surface area (Å²) in [7, 11) is 0. The number of hydrogen-bond acceptors (Lipinski definition) is 4. The van der Waals surface area contributed by atoms with E-state index in [-0.39, 0.29) is 6.09 Å². The lowest BCUT2D eigenvalue weighted by Crippen LogP contribution is -2.35. The van der Waals surface area contributed by atoms with E-state index in [1.807, 2.05) is 57.4 Å². The van der Waals surface area contributed by atoms with Crippen molar-refractivity contribution < 1.29 is 9.53 Å². The highest BCUT2D eigenvalue weighted by molar-refractivity contribution is 5.75. The van der Waals surface area contributed by atoms with Crippen molar-refractivity contribution in [2.45, 2.75) is 32.8 Å². The average molecular weight is 337 g/mol. The van der Waals surface area contributed by atoms with Gasteiger partial charge in [-0.3, -0.25) is 0 Å². The molecule has 2 heterocycles. The molecular weight excluding hydrogens is 314 g/mol. The summed E-state index contributed by atoms with van der Waals surface area (Å²) in [5.74, 6) is 0.669. The minimum atomic E-state index is -0.491. The smallest absolute Gasteiger partial charge is 0.410 e. The molecule has 1 aromatic carbocycles. The molecule has 0 unspecified atom stereocenters. The first-order chi connectivity index (χ1) is 11.9. The van der Waals surface area contributed by atoms with Gasteiger partial charge in [0.15, 0.2) is 5.82 Å². The Kier molecular flexibility index (Phi) is 4.83. The molecule has 0 bridgehead atoms. The summed E-state index contributed by atoms with van der Waals surface area (Å²) in [6.45, 7) is 6.60. The fraction of sp³-hybridized carbons (Fsp3) is 0.350. The third-order valence-electron chi connectivity index (χ3n) is 3.81. The Morgan fingerprint density at radius 1 is 1.12 bits per heavy atom. The van der Waals surface area contributed by atoms with Gasteiger partial charge in [-0.25, -0.2) is 14.8 Å². The standard InChI is InChI=1S/C20H23N3O2/c1-20(2,3)25-19(24)23-10-9-17(14-23)18-21-12-16(13-22-18)11-15-7-5-4-6-8-15/h4-9,12-13H,10-11,14H2,1-3H3. The molecular formula is C20H23N3O2. The lowest BCUT2D eigenvalue weighted by Gasteiger charge is -2.24. The van der Waals surface area contributed by atoms with Crippen LogP contribution in [0.3, 0.4) is 0 Å². The predicted octanol–water partition coefficient (Wildman–Crippen LogP) is 3.70. The zero-order valence-electron chi connectivity index (χ0n) is 14.9. The Balaban J connectivity index is 1.61. The van der Waals surface area contributed by atoms with Gasteiger partial charge in [0.05, 0.1) is 6.54 Å². The number of ether oxygens (including phenoxy) is 1. The lowest BCUT2D eigenvalue weighted by molar-refractivity contribution is 0.0306. The number of carbonyl (C=O) groups is 1. The van der Waals surface area contributed by atoms with Crippen LogP contribution < -0.4 is 0 Å². The van der Waals surface area contributed by atoms with Gasteiger partial charge in [-0.2, -0.15) is 0 Å². The predicted molar refractivity (Wildman–Crippen MR) is 97.1 cm³/mol. The van der Waals surface area contributed by atoms with Crippen LogP contribution in [-0.2, 0) is 11.2 Å². The van der Waals surface area contributed by atoms with Crippen LogP contribution in [0.5, 0.6) is 0 Å². The number of hydrogen-bond donors (Lipinski definition) is 0. The quantitative estimate of drug-likeness (QED) is 0.857. The third-order valence-corrected chi connectivity index (χ3v) is 3.81. The minimum absolute atomic E-state index is 0.306. The molecule has 0 fully saturated rings. The third kappa shape index (κ3) is 4.66. The van der Waals surface area contributed by atoms with Crippen molar-refractivity contribution in [3.63, 3.8) is 0 Å². The van der Waals surface area contributed by atoms with E-state index in [2.05, 4.69) is 22.1 Å². The molecule has 0 saturated carbocycles. The van der Waals surface area contributed by atoms with Crippen molar-refractivity contribution in [3.05, 3.63) is 65.8 Å². The fourth-order valence-electron chi connectivity index (χ4n) is 2.63. The maximum Gasteiger partial charge on any atom is 0.410 e. The molecule has 1 aliphatic rings. The maximum absolute atomic E-state index is 12.1. The summed E-state index contributed by atoms with van der Waals surface area (Å²) in [4.78, 5) is 22.7. The second kappa shape index (κ2) is 7.05. The molecule has 1 amide bonds. The molecule has 1 aromatic heterocycles. The van der Waals surface area contributed by atoms with Crippen LogP contribution in [-0.4, -0.2) is 39.7 Å². The highest BCUT2D eigenvalue weighted by Crippen LogP contribution is 2.20. The monoisotopic (exact) mass is 337 g/mol. The Morgan fingerprint density at radius 3 is 2.44 bits per heavy atom. The van der Waals surface area contributed by atoms with E-state index in [0.29, 0.717) is 18.9 Å². The number of carbonyl (C=O) groups excluding carboxylic acids is 1. The number of benzene rings is 1. The van der Waals surface area contributed by atoms with Gasteiger partial charge in [0.2, 0.25) is 0 Å². The molecule has 0 saturated heterocycles. The molecule has 0 N–H and O–H groups in total. The number of rotatable bonds is 3. The van der Waals surface area contributed by atoms with E-state index in [0.717, 1.165) is 17.6 Å². The van der Waals surface area contributed by atoms with Gasteiger partial charge in [0.25, 0.3) is 0 Å². The molecule has 2 aromatic rings. The minimum Gasteiger partial charge on any atom is -0.444 e. The van der Waals surface area contributed by atoms with Crippen LogP contribution in [0.4, 0.5) is 4.79 Å². The SMILES string of the molecule is CC(C)(C)OC(=O)N1CC=C(c2ncc(Cc3ccccc3)cn2)C1. The van der Waals surface area contributed by atoms with E-state index in [1.165, 1.54) is 5.56 Å². The molecule has 0 aliphatic carbocycles. The fourth-order valence-corrected chi connectivity index (χ4v) is 2.63. The molecule has 5 heteroatoms. The zero-order chi connectivity index (χ0) is 17.9. The summed E-state index contributed by atoms with van der Waals surface area (Å²) >= 11 is 0. The Morgan fingerprint density at radius 2 is 1.80 bits per heavy atom. The van der Waals surface area contributed by atoms with E-state index in [1.54, 1.807) is 4.90 Å². The summed E-state index contributed by atoms with van der Waals surface area (Å²) in [6, 6.07) is 10.2. The van der Waals surface area contributed by atoms with E-state index in [9.17, 15) is 4.79 Å². The van der Waals surface area contributed by atoms with E-state index < -0.39 is 5.60 Å². The van der Waals surface area contributed by atoms with Crippen LogP contribution in [0.25, 0.3) is 5.57 Å². The molecule has 25 heavy (non-hydrogen) atoms. The number of aromatic nitrogens is 2. The van der Waals surface area contributed by atoms with Crippen molar-refractivity contribution >= 4 is 11.7 Å².